The SMILES string of the molecule is CCCCCCCCNC(=O)CNc1ccc2c(cc1=O)[C@@H](NC(C)=O)CCc1cc(OC)c(OC)c(OC)c1-2. The van der Waals surface area contributed by atoms with Gasteiger partial charge in [-0.1, -0.05) is 45.1 Å². The van der Waals surface area contributed by atoms with E-state index in [4.69, 9.17) is 14.2 Å². The van der Waals surface area contributed by atoms with Crippen LogP contribution in [0.4, 0.5) is 5.69 Å². The van der Waals surface area contributed by atoms with E-state index >= 15 is 0 Å². The van der Waals surface area contributed by atoms with Crippen molar-refractivity contribution in [2.45, 2.75) is 71.3 Å². The van der Waals surface area contributed by atoms with Crippen LogP contribution >= 0.6 is 0 Å². The van der Waals surface area contributed by atoms with Gasteiger partial charge in [-0.05, 0) is 54.2 Å². The van der Waals surface area contributed by atoms with Crippen LogP contribution in [0.5, 0.6) is 17.2 Å². The number of amides is 2. The lowest BCUT2D eigenvalue weighted by Crippen LogP contribution is -2.31. The molecule has 3 N–H and O–H groups in total. The Morgan fingerprint density at radius 3 is 2.35 bits per heavy atom. The van der Waals surface area contributed by atoms with Crippen LogP contribution in [0.25, 0.3) is 11.1 Å². The minimum absolute atomic E-state index is 0.0141. The van der Waals surface area contributed by atoms with E-state index in [0.29, 0.717) is 47.9 Å². The number of hydrogen-bond acceptors (Lipinski definition) is 7. The van der Waals surface area contributed by atoms with E-state index in [1.807, 2.05) is 12.1 Å². The number of rotatable bonds is 14. The first-order chi connectivity index (χ1) is 19.3. The molecule has 2 aromatic rings. The predicted molar refractivity (Wildman–Crippen MR) is 158 cm³/mol. The molecule has 0 fully saturated rings. The molecule has 218 valence electrons. The molecule has 0 heterocycles. The van der Waals surface area contributed by atoms with Crippen molar-refractivity contribution in [1.82, 2.24) is 10.6 Å². The number of ether oxygens (including phenoxy) is 3. The molecule has 2 aromatic carbocycles. The van der Waals surface area contributed by atoms with Gasteiger partial charge in [0.25, 0.3) is 0 Å². The molecule has 0 radical (unpaired) electrons. The first-order valence-electron chi connectivity index (χ1n) is 14.1. The lowest BCUT2D eigenvalue weighted by molar-refractivity contribution is -0.120. The normalized spacial score (nSPS) is 13.8. The predicted octanol–water partition coefficient (Wildman–Crippen LogP) is 4.75. The maximum atomic E-state index is 13.3. The summed E-state index contributed by atoms with van der Waals surface area (Å²) < 4.78 is 17.0. The van der Waals surface area contributed by atoms with Gasteiger partial charge in [-0.25, -0.2) is 0 Å². The van der Waals surface area contributed by atoms with Crippen molar-refractivity contribution in [3.05, 3.63) is 45.6 Å². The summed E-state index contributed by atoms with van der Waals surface area (Å²) in [6.07, 6.45) is 8.09. The van der Waals surface area contributed by atoms with E-state index in [2.05, 4.69) is 22.9 Å². The summed E-state index contributed by atoms with van der Waals surface area (Å²) in [6, 6.07) is 6.57. The van der Waals surface area contributed by atoms with Crippen molar-refractivity contribution in [2.75, 3.05) is 39.7 Å². The van der Waals surface area contributed by atoms with Gasteiger partial charge in [0.2, 0.25) is 23.0 Å². The van der Waals surface area contributed by atoms with Gasteiger partial charge in [0.05, 0.1) is 39.6 Å². The molecule has 0 aliphatic heterocycles. The highest BCUT2D eigenvalue weighted by atomic mass is 16.5. The van der Waals surface area contributed by atoms with Gasteiger partial charge >= 0.3 is 0 Å². The third-order valence-corrected chi connectivity index (χ3v) is 7.21. The minimum Gasteiger partial charge on any atom is -0.493 e. The number of aryl methyl sites for hydroxylation is 1. The second kappa shape index (κ2) is 15.1. The highest BCUT2D eigenvalue weighted by Crippen LogP contribution is 2.50. The molecule has 0 bridgehead atoms. The van der Waals surface area contributed by atoms with Crippen LogP contribution in [-0.4, -0.2) is 46.2 Å². The molecule has 1 aliphatic rings. The standard InChI is InChI=1S/C31H43N3O6/c1-6-7-8-9-10-11-16-32-28(37)19-33-25-15-13-22-23(18-26(25)36)24(34-20(2)35)14-12-21-17-27(38-3)30(39-4)31(40-5)29(21)22/h13,15,17-18,24H,6-12,14,16,19H2,1-5H3,(H,32,37)(H,33,36)(H,34,35)/t24-/m0/s1. The maximum absolute atomic E-state index is 13.3. The van der Waals surface area contributed by atoms with Crippen molar-refractivity contribution in [3.63, 3.8) is 0 Å². The molecule has 0 saturated carbocycles. The Hall–Kier alpha value is -3.75. The first-order valence-corrected chi connectivity index (χ1v) is 14.1. The van der Waals surface area contributed by atoms with Crippen LogP contribution in [-0.2, 0) is 16.0 Å². The molecular formula is C31H43N3O6. The van der Waals surface area contributed by atoms with Gasteiger partial charge in [0.1, 0.15) is 0 Å². The monoisotopic (exact) mass is 553 g/mol. The molecule has 9 heteroatoms. The molecular weight excluding hydrogens is 510 g/mol. The lowest BCUT2D eigenvalue weighted by atomic mass is 9.95. The van der Waals surface area contributed by atoms with Crippen LogP contribution in [0.2, 0.25) is 0 Å². The third kappa shape index (κ3) is 7.67. The third-order valence-electron chi connectivity index (χ3n) is 7.21. The van der Waals surface area contributed by atoms with Gasteiger partial charge < -0.3 is 30.2 Å². The first kappa shape index (κ1) is 30.8. The molecule has 0 aromatic heterocycles. The number of unbranched alkanes of at least 4 members (excludes halogenated alkanes) is 5. The highest BCUT2D eigenvalue weighted by molar-refractivity contribution is 5.84. The zero-order valence-corrected chi connectivity index (χ0v) is 24.4. The summed E-state index contributed by atoms with van der Waals surface area (Å²) in [6.45, 7) is 4.26. The minimum atomic E-state index is -0.393. The zero-order valence-electron chi connectivity index (χ0n) is 24.4. The van der Waals surface area contributed by atoms with Crippen LogP contribution < -0.4 is 35.6 Å². The molecule has 3 rings (SSSR count). The fraction of sp³-hybridized carbons (Fsp3) is 0.516. The van der Waals surface area contributed by atoms with Gasteiger partial charge in [-0.3, -0.25) is 14.4 Å². The summed E-state index contributed by atoms with van der Waals surface area (Å²) in [5.41, 5.74) is 3.16. The second-order valence-electron chi connectivity index (χ2n) is 10.1. The Kier molecular flexibility index (Phi) is 11.7. The summed E-state index contributed by atoms with van der Waals surface area (Å²) >= 11 is 0. The summed E-state index contributed by atoms with van der Waals surface area (Å²) in [7, 11) is 4.68. The largest absolute Gasteiger partial charge is 0.493 e. The number of nitrogens with one attached hydrogen (secondary N) is 3. The smallest absolute Gasteiger partial charge is 0.239 e. The summed E-state index contributed by atoms with van der Waals surface area (Å²) in [5.74, 6) is 1.12. The van der Waals surface area contributed by atoms with Crippen molar-refractivity contribution in [2.24, 2.45) is 0 Å². The number of carbonyl (C=O) groups excluding carboxylic acids is 2. The van der Waals surface area contributed by atoms with E-state index < -0.39 is 6.04 Å². The lowest BCUT2D eigenvalue weighted by Gasteiger charge is -2.19. The van der Waals surface area contributed by atoms with E-state index in [9.17, 15) is 14.4 Å². The molecule has 2 amide bonds. The topological polar surface area (TPSA) is 115 Å². The average Bonchev–Trinajstić information content (AvgIpc) is 3.18. The number of fused-ring (bicyclic) bond motifs is 3. The van der Waals surface area contributed by atoms with Gasteiger partial charge in [0, 0.05) is 19.0 Å². The molecule has 1 aliphatic carbocycles. The number of carbonyl (C=O) groups is 2. The summed E-state index contributed by atoms with van der Waals surface area (Å²) in [5, 5.41) is 8.92. The number of methoxy groups -OCH3 is 3. The highest BCUT2D eigenvalue weighted by Gasteiger charge is 2.29. The van der Waals surface area contributed by atoms with Crippen LogP contribution in [0.1, 0.15) is 76.0 Å². The van der Waals surface area contributed by atoms with E-state index in [1.54, 1.807) is 27.4 Å². The van der Waals surface area contributed by atoms with Gasteiger partial charge in [-0.15, -0.1) is 0 Å². The Labute approximate surface area is 237 Å². The second-order valence-corrected chi connectivity index (χ2v) is 10.1. The van der Waals surface area contributed by atoms with Crippen molar-refractivity contribution >= 4 is 17.5 Å². The number of hydrogen-bond donors (Lipinski definition) is 3. The van der Waals surface area contributed by atoms with E-state index in [0.717, 1.165) is 29.5 Å². The van der Waals surface area contributed by atoms with E-state index in [-0.39, 0.29) is 23.8 Å². The molecule has 1 atom stereocenters. The Balaban J connectivity index is 1.91. The van der Waals surface area contributed by atoms with Crippen molar-refractivity contribution in [3.8, 4) is 28.4 Å². The average molecular weight is 554 g/mol. The Morgan fingerprint density at radius 1 is 0.950 bits per heavy atom. The zero-order chi connectivity index (χ0) is 29.1. The fourth-order valence-electron chi connectivity index (χ4n) is 5.22. The number of benzene rings is 1. The van der Waals surface area contributed by atoms with Crippen LogP contribution in [0.15, 0.2) is 29.1 Å². The Morgan fingerprint density at radius 2 is 1.68 bits per heavy atom. The number of anilines is 1. The van der Waals surface area contributed by atoms with E-state index in [1.165, 1.54) is 38.7 Å². The maximum Gasteiger partial charge on any atom is 0.239 e. The van der Waals surface area contributed by atoms with Crippen LogP contribution in [0.3, 0.4) is 0 Å². The molecule has 9 nitrogen and oxygen atoms in total. The quantitative estimate of drug-likeness (QED) is 0.289. The van der Waals surface area contributed by atoms with Crippen LogP contribution in [0, 0.1) is 0 Å². The fourth-order valence-corrected chi connectivity index (χ4v) is 5.22. The molecule has 0 unspecified atom stereocenters. The summed E-state index contributed by atoms with van der Waals surface area (Å²) in [4.78, 5) is 37.9. The van der Waals surface area contributed by atoms with Crippen molar-refractivity contribution in [1.29, 1.82) is 0 Å². The van der Waals surface area contributed by atoms with Gasteiger partial charge in [-0.2, -0.15) is 0 Å². The van der Waals surface area contributed by atoms with Crippen molar-refractivity contribution < 1.29 is 23.8 Å². The molecule has 0 saturated heterocycles. The Bertz CT molecular complexity index is 1250. The van der Waals surface area contributed by atoms with Gasteiger partial charge in [0.15, 0.2) is 11.5 Å². The molecule has 40 heavy (non-hydrogen) atoms. The molecule has 0 spiro atoms.